The van der Waals surface area contributed by atoms with E-state index < -0.39 is 0 Å². The molecule has 1 aromatic heterocycles. The van der Waals surface area contributed by atoms with Crippen molar-refractivity contribution in [3.63, 3.8) is 0 Å². The van der Waals surface area contributed by atoms with Crippen molar-refractivity contribution in [3.8, 4) is 11.3 Å². The van der Waals surface area contributed by atoms with Gasteiger partial charge in [0, 0.05) is 29.4 Å². The molecule has 1 aliphatic heterocycles. The number of nitrogens with zero attached hydrogens (tertiary/aromatic N) is 1. The fourth-order valence-electron chi connectivity index (χ4n) is 2.63. The fraction of sp³-hybridized carbons (Fsp3) is 0.400. The zero-order valence-corrected chi connectivity index (χ0v) is 13.2. The van der Waals surface area contributed by atoms with Gasteiger partial charge in [-0.15, -0.1) is 0 Å². The van der Waals surface area contributed by atoms with Gasteiger partial charge in [-0.05, 0) is 25.5 Å². The number of benzene rings is 1. The van der Waals surface area contributed by atoms with Crippen LogP contribution in [-0.2, 0) is 4.74 Å². The lowest BCUT2D eigenvalue weighted by atomic mass is 10.1. The first kappa shape index (κ1) is 13.8. The molecule has 0 spiro atoms. The van der Waals surface area contributed by atoms with E-state index in [1.165, 1.54) is 0 Å². The van der Waals surface area contributed by atoms with E-state index in [1.807, 2.05) is 12.1 Å². The summed E-state index contributed by atoms with van der Waals surface area (Å²) in [6.45, 7) is 2.95. The molecule has 0 radical (unpaired) electrons. The minimum atomic E-state index is 0.253. The topological polar surface area (TPSA) is 49.9 Å². The van der Waals surface area contributed by atoms with Crippen LogP contribution < -0.4 is 5.32 Å². The second-order valence-electron chi connectivity index (χ2n) is 5.16. The van der Waals surface area contributed by atoms with E-state index in [9.17, 15) is 0 Å². The van der Waals surface area contributed by atoms with Crippen molar-refractivity contribution in [1.82, 2.24) is 15.3 Å². The third-order valence-corrected chi connectivity index (χ3v) is 4.30. The number of hydrogen-bond acceptors (Lipinski definition) is 3. The van der Waals surface area contributed by atoms with Crippen molar-refractivity contribution in [2.75, 3.05) is 13.7 Å². The van der Waals surface area contributed by atoms with E-state index in [0.29, 0.717) is 0 Å². The van der Waals surface area contributed by atoms with Gasteiger partial charge in [-0.3, -0.25) is 0 Å². The predicted molar refractivity (Wildman–Crippen MR) is 82.6 cm³/mol. The number of H-pyrrole nitrogens is 1. The maximum atomic E-state index is 5.39. The molecule has 1 fully saturated rings. The highest BCUT2D eigenvalue weighted by atomic mass is 79.9. The highest BCUT2D eigenvalue weighted by molar-refractivity contribution is 9.10. The summed E-state index contributed by atoms with van der Waals surface area (Å²) in [6.07, 6.45) is 1.24. The van der Waals surface area contributed by atoms with Crippen molar-refractivity contribution >= 4 is 15.9 Å². The average molecular weight is 336 g/mol. The van der Waals surface area contributed by atoms with Crippen LogP contribution in [0.3, 0.4) is 0 Å². The number of aromatic nitrogens is 2. The van der Waals surface area contributed by atoms with E-state index in [2.05, 4.69) is 45.3 Å². The number of imidazole rings is 1. The van der Waals surface area contributed by atoms with Crippen molar-refractivity contribution in [2.24, 2.45) is 0 Å². The summed E-state index contributed by atoms with van der Waals surface area (Å²) in [5.41, 5.74) is 3.26. The molecular weight excluding hydrogens is 318 g/mol. The van der Waals surface area contributed by atoms with Crippen LogP contribution in [-0.4, -0.2) is 29.7 Å². The number of ether oxygens (including phenoxy) is 1. The number of hydrogen-bond donors (Lipinski definition) is 2. The molecule has 20 heavy (non-hydrogen) atoms. The number of halogens is 1. The summed E-state index contributed by atoms with van der Waals surface area (Å²) < 4.78 is 6.47. The largest absolute Gasteiger partial charge is 0.380 e. The first-order valence-electron chi connectivity index (χ1n) is 6.76. The number of nitrogens with one attached hydrogen (secondary N) is 2. The Labute approximate surface area is 127 Å². The molecule has 0 aliphatic carbocycles. The van der Waals surface area contributed by atoms with Gasteiger partial charge in [0.1, 0.15) is 5.82 Å². The summed E-state index contributed by atoms with van der Waals surface area (Å²) in [7, 11) is 1.76. The maximum Gasteiger partial charge on any atom is 0.124 e. The van der Waals surface area contributed by atoms with Gasteiger partial charge in [-0.25, -0.2) is 4.98 Å². The Morgan fingerprint density at radius 3 is 2.70 bits per heavy atom. The Hall–Kier alpha value is -1.17. The lowest BCUT2D eigenvalue weighted by Crippen LogP contribution is -2.16. The zero-order valence-electron chi connectivity index (χ0n) is 11.6. The van der Waals surface area contributed by atoms with Gasteiger partial charge >= 0.3 is 0 Å². The molecule has 2 unspecified atom stereocenters. The molecule has 3 rings (SSSR count). The minimum absolute atomic E-state index is 0.253. The quantitative estimate of drug-likeness (QED) is 0.905. The predicted octanol–water partition coefficient (Wildman–Crippen LogP) is 3.20. The highest BCUT2D eigenvalue weighted by Gasteiger charge is 2.27. The minimum Gasteiger partial charge on any atom is -0.380 e. The molecule has 106 valence electrons. The molecule has 2 heterocycles. The molecule has 2 aromatic rings. The van der Waals surface area contributed by atoms with Gasteiger partial charge in [0.15, 0.2) is 0 Å². The molecule has 2 atom stereocenters. The molecule has 4 nitrogen and oxygen atoms in total. The number of methoxy groups -OCH3 is 1. The van der Waals surface area contributed by atoms with Crippen LogP contribution in [0.25, 0.3) is 11.3 Å². The number of aromatic amines is 1. The van der Waals surface area contributed by atoms with Gasteiger partial charge in [0.05, 0.1) is 17.8 Å². The van der Waals surface area contributed by atoms with E-state index in [1.54, 1.807) is 7.11 Å². The third kappa shape index (κ3) is 2.66. The summed E-state index contributed by atoms with van der Waals surface area (Å²) in [4.78, 5) is 8.17. The normalized spacial score (nSPS) is 22.4. The maximum absolute atomic E-state index is 5.39. The number of aryl methyl sites for hydroxylation is 1. The summed E-state index contributed by atoms with van der Waals surface area (Å²) in [5.74, 6) is 1.000. The zero-order chi connectivity index (χ0) is 14.1. The Bertz CT molecular complexity index is 594. The first-order chi connectivity index (χ1) is 9.67. The Kier molecular flexibility index (Phi) is 3.92. The van der Waals surface area contributed by atoms with Crippen LogP contribution in [0.4, 0.5) is 0 Å². The molecule has 1 saturated heterocycles. The lowest BCUT2D eigenvalue weighted by Gasteiger charge is -2.06. The smallest absolute Gasteiger partial charge is 0.124 e. The molecule has 1 aromatic carbocycles. The van der Waals surface area contributed by atoms with Crippen molar-refractivity contribution < 1.29 is 4.74 Å². The standard InChI is InChI=1S/C15H18BrN3O/c1-9-14(10-3-5-11(16)6-4-10)19-15(18-9)13-7-12(20-2)8-17-13/h3-6,12-13,17H,7-8H2,1-2H3,(H,18,19). The second kappa shape index (κ2) is 5.68. The van der Waals surface area contributed by atoms with Gasteiger partial charge in [0.25, 0.3) is 0 Å². The van der Waals surface area contributed by atoms with E-state index >= 15 is 0 Å². The summed E-state index contributed by atoms with van der Waals surface area (Å²) in [6, 6.07) is 8.49. The lowest BCUT2D eigenvalue weighted by molar-refractivity contribution is 0.117. The van der Waals surface area contributed by atoms with Gasteiger partial charge < -0.3 is 15.0 Å². The SMILES string of the molecule is COC1CNC(c2nc(-c3ccc(Br)cc3)c(C)[nH]2)C1. The van der Waals surface area contributed by atoms with E-state index in [0.717, 1.165) is 40.2 Å². The Morgan fingerprint density at radius 2 is 2.05 bits per heavy atom. The second-order valence-corrected chi connectivity index (χ2v) is 6.07. The first-order valence-corrected chi connectivity index (χ1v) is 7.55. The van der Waals surface area contributed by atoms with Gasteiger partial charge in [-0.2, -0.15) is 0 Å². The highest BCUT2D eigenvalue weighted by Crippen LogP contribution is 2.28. The van der Waals surface area contributed by atoms with Gasteiger partial charge in [-0.1, -0.05) is 28.1 Å². The molecule has 2 N–H and O–H groups in total. The molecule has 5 heteroatoms. The average Bonchev–Trinajstić information content (AvgIpc) is 3.06. The Morgan fingerprint density at radius 1 is 1.30 bits per heavy atom. The molecule has 0 amide bonds. The fourth-order valence-corrected chi connectivity index (χ4v) is 2.89. The molecule has 1 aliphatic rings. The molecule has 0 bridgehead atoms. The third-order valence-electron chi connectivity index (χ3n) is 3.77. The van der Waals surface area contributed by atoms with Crippen molar-refractivity contribution in [3.05, 3.63) is 40.3 Å². The van der Waals surface area contributed by atoms with Crippen LogP contribution in [0.2, 0.25) is 0 Å². The summed E-state index contributed by atoms with van der Waals surface area (Å²) >= 11 is 3.46. The Balaban J connectivity index is 1.86. The molecule has 0 saturated carbocycles. The van der Waals surface area contributed by atoms with Crippen LogP contribution >= 0.6 is 15.9 Å². The van der Waals surface area contributed by atoms with E-state index in [4.69, 9.17) is 9.72 Å². The van der Waals surface area contributed by atoms with E-state index in [-0.39, 0.29) is 12.1 Å². The van der Waals surface area contributed by atoms with Crippen LogP contribution in [0.15, 0.2) is 28.7 Å². The van der Waals surface area contributed by atoms with Crippen LogP contribution in [0, 0.1) is 6.92 Å². The van der Waals surface area contributed by atoms with Crippen LogP contribution in [0.5, 0.6) is 0 Å². The molecular formula is C15H18BrN3O. The van der Waals surface area contributed by atoms with Crippen molar-refractivity contribution in [1.29, 1.82) is 0 Å². The van der Waals surface area contributed by atoms with Crippen LogP contribution in [0.1, 0.15) is 24.0 Å². The van der Waals surface area contributed by atoms with Gasteiger partial charge in [0.2, 0.25) is 0 Å². The monoisotopic (exact) mass is 335 g/mol. The van der Waals surface area contributed by atoms with Crippen molar-refractivity contribution in [2.45, 2.75) is 25.5 Å². The number of rotatable bonds is 3. The summed E-state index contributed by atoms with van der Waals surface area (Å²) in [5, 5.41) is 3.45.